The average Bonchev–Trinajstić information content (AvgIpc) is 3.17. The first kappa shape index (κ1) is 19.9. The van der Waals surface area contributed by atoms with E-state index in [9.17, 15) is 4.79 Å². The molecule has 7 heteroatoms. The number of hydrogen-bond donors (Lipinski definition) is 1. The number of hydrogen-bond acceptors (Lipinski definition) is 6. The lowest BCUT2D eigenvalue weighted by molar-refractivity contribution is -0.131. The van der Waals surface area contributed by atoms with Gasteiger partial charge in [-0.1, -0.05) is 59.5 Å². The van der Waals surface area contributed by atoms with Crippen LogP contribution in [0.4, 0.5) is 10.8 Å². The van der Waals surface area contributed by atoms with E-state index in [1.807, 2.05) is 30.0 Å². The predicted octanol–water partition coefficient (Wildman–Crippen LogP) is 4.96. The number of amides is 1. The van der Waals surface area contributed by atoms with E-state index in [0.717, 1.165) is 28.1 Å². The fraction of sp³-hybridized carbons (Fsp3) is 0.318. The van der Waals surface area contributed by atoms with E-state index in [4.69, 9.17) is 0 Å². The summed E-state index contributed by atoms with van der Waals surface area (Å²) in [6.45, 7) is 7.60. The number of nitrogens with one attached hydrogen (secondary N) is 1. The minimum atomic E-state index is -0.193. The van der Waals surface area contributed by atoms with E-state index < -0.39 is 0 Å². The number of thioether (sulfide) groups is 1. The molecule has 1 amide bonds. The van der Waals surface area contributed by atoms with E-state index in [1.54, 1.807) is 0 Å². The molecule has 1 atom stereocenters. The summed E-state index contributed by atoms with van der Waals surface area (Å²) in [6.07, 6.45) is 0.919. The minimum Gasteiger partial charge on any atom is -0.337 e. The highest BCUT2D eigenvalue weighted by Gasteiger charge is 2.26. The van der Waals surface area contributed by atoms with Gasteiger partial charge in [0, 0.05) is 18.8 Å². The first-order valence-corrected chi connectivity index (χ1v) is 11.4. The van der Waals surface area contributed by atoms with Gasteiger partial charge in [0.1, 0.15) is 0 Å². The van der Waals surface area contributed by atoms with Crippen molar-refractivity contribution in [1.82, 2.24) is 15.1 Å². The second-order valence-corrected chi connectivity index (χ2v) is 9.85. The second-order valence-electron chi connectivity index (χ2n) is 7.28. The molecule has 5 nitrogen and oxygen atoms in total. The highest BCUT2D eigenvalue weighted by Crippen LogP contribution is 2.32. The summed E-state index contributed by atoms with van der Waals surface area (Å²) in [5.41, 5.74) is 6.07. The van der Waals surface area contributed by atoms with Crippen LogP contribution in [-0.2, 0) is 17.8 Å². The second kappa shape index (κ2) is 8.55. The standard InChI is InChI=1S/C22H24N4OS2/c1-14-7-6-10-19(15(14)2)23-21-24-25-22(29-21)28-16(3)20(27)26-12-11-17-8-4-5-9-18(17)13-26/h4-10,16H,11-13H2,1-3H3,(H,23,24)/t16-/m0/s1. The number of carbonyl (C=O) groups excluding carboxylic acids is 1. The number of benzene rings is 2. The predicted molar refractivity (Wildman–Crippen MR) is 120 cm³/mol. The molecular weight excluding hydrogens is 400 g/mol. The maximum Gasteiger partial charge on any atom is 0.236 e. The Morgan fingerprint density at radius 1 is 1.14 bits per heavy atom. The molecule has 0 saturated heterocycles. The lowest BCUT2D eigenvalue weighted by atomic mass is 10.00. The first-order valence-electron chi connectivity index (χ1n) is 9.70. The topological polar surface area (TPSA) is 58.1 Å². The van der Waals surface area contributed by atoms with Gasteiger partial charge in [-0.15, -0.1) is 10.2 Å². The van der Waals surface area contributed by atoms with Crippen molar-refractivity contribution in [3.8, 4) is 0 Å². The zero-order valence-electron chi connectivity index (χ0n) is 16.8. The molecule has 0 spiro atoms. The molecule has 3 aromatic rings. The molecule has 1 aliphatic rings. The molecule has 150 valence electrons. The Morgan fingerprint density at radius 2 is 1.93 bits per heavy atom. The van der Waals surface area contributed by atoms with Crippen molar-refractivity contribution in [1.29, 1.82) is 0 Å². The first-order chi connectivity index (χ1) is 14.0. The number of fused-ring (bicyclic) bond motifs is 1. The zero-order valence-corrected chi connectivity index (χ0v) is 18.4. The van der Waals surface area contributed by atoms with Gasteiger partial charge in [0.05, 0.1) is 5.25 Å². The molecule has 2 aromatic carbocycles. The van der Waals surface area contributed by atoms with Crippen molar-refractivity contribution in [2.45, 2.75) is 43.3 Å². The van der Waals surface area contributed by atoms with Crippen LogP contribution in [0.2, 0.25) is 0 Å². The molecule has 1 N–H and O–H groups in total. The number of nitrogens with zero attached hydrogens (tertiary/aromatic N) is 3. The van der Waals surface area contributed by atoms with Gasteiger partial charge >= 0.3 is 0 Å². The van der Waals surface area contributed by atoms with Crippen molar-refractivity contribution in [2.75, 3.05) is 11.9 Å². The fourth-order valence-corrected chi connectivity index (χ4v) is 5.44. The largest absolute Gasteiger partial charge is 0.337 e. The Labute approximate surface area is 179 Å². The van der Waals surface area contributed by atoms with Crippen LogP contribution < -0.4 is 5.32 Å². The van der Waals surface area contributed by atoms with E-state index in [2.05, 4.69) is 53.6 Å². The van der Waals surface area contributed by atoms with E-state index in [0.29, 0.717) is 6.54 Å². The summed E-state index contributed by atoms with van der Waals surface area (Å²) in [5.74, 6) is 0.156. The molecule has 29 heavy (non-hydrogen) atoms. The Morgan fingerprint density at radius 3 is 2.76 bits per heavy atom. The van der Waals surface area contributed by atoms with Gasteiger partial charge in [0.25, 0.3) is 0 Å². The van der Waals surface area contributed by atoms with Crippen molar-refractivity contribution < 1.29 is 4.79 Å². The summed E-state index contributed by atoms with van der Waals surface area (Å²) in [7, 11) is 0. The van der Waals surface area contributed by atoms with Gasteiger partial charge in [-0.25, -0.2) is 0 Å². The van der Waals surface area contributed by atoms with Crippen molar-refractivity contribution >= 4 is 39.8 Å². The molecule has 1 aromatic heterocycles. The Kier molecular flexibility index (Phi) is 5.87. The summed E-state index contributed by atoms with van der Waals surface area (Å²) in [4.78, 5) is 14.9. The average molecular weight is 425 g/mol. The molecule has 0 aliphatic carbocycles. The van der Waals surface area contributed by atoms with Crippen LogP contribution in [0.5, 0.6) is 0 Å². The number of carbonyl (C=O) groups is 1. The van der Waals surface area contributed by atoms with Gasteiger partial charge < -0.3 is 10.2 Å². The molecule has 0 bridgehead atoms. The summed E-state index contributed by atoms with van der Waals surface area (Å²) < 4.78 is 0.802. The smallest absolute Gasteiger partial charge is 0.236 e. The summed E-state index contributed by atoms with van der Waals surface area (Å²) in [6, 6.07) is 14.5. The molecule has 0 fully saturated rings. The van der Waals surface area contributed by atoms with Gasteiger partial charge in [-0.3, -0.25) is 4.79 Å². The number of aryl methyl sites for hydroxylation is 1. The van der Waals surface area contributed by atoms with Gasteiger partial charge in [0.15, 0.2) is 4.34 Å². The maximum absolute atomic E-state index is 12.9. The van der Waals surface area contributed by atoms with Crippen LogP contribution in [0.3, 0.4) is 0 Å². The normalized spacial score (nSPS) is 14.4. The van der Waals surface area contributed by atoms with Gasteiger partial charge in [-0.2, -0.15) is 0 Å². The third-order valence-corrected chi connectivity index (χ3v) is 7.33. The fourth-order valence-electron chi connectivity index (χ4n) is 3.45. The quantitative estimate of drug-likeness (QED) is 0.587. The zero-order chi connectivity index (χ0) is 20.4. The molecule has 0 radical (unpaired) electrons. The Hall–Kier alpha value is -2.38. The monoisotopic (exact) mass is 424 g/mol. The summed E-state index contributed by atoms with van der Waals surface area (Å²) >= 11 is 2.96. The third kappa shape index (κ3) is 4.46. The van der Waals surface area contributed by atoms with Crippen molar-refractivity contribution in [2.24, 2.45) is 0 Å². The van der Waals surface area contributed by atoms with E-state index in [-0.39, 0.29) is 11.2 Å². The number of aromatic nitrogens is 2. The Bertz CT molecular complexity index is 1030. The highest BCUT2D eigenvalue weighted by atomic mass is 32.2. The van der Waals surface area contributed by atoms with Crippen LogP contribution in [0.1, 0.15) is 29.2 Å². The van der Waals surface area contributed by atoms with Gasteiger partial charge in [-0.05, 0) is 55.5 Å². The van der Waals surface area contributed by atoms with Crippen LogP contribution in [-0.4, -0.2) is 32.8 Å². The molecule has 0 unspecified atom stereocenters. The molecule has 0 saturated carbocycles. The SMILES string of the molecule is Cc1cccc(Nc2nnc(S[C@@H](C)C(=O)N3CCc4ccccc4C3)s2)c1C. The summed E-state index contributed by atoms with van der Waals surface area (Å²) in [5, 5.41) is 12.4. The highest BCUT2D eigenvalue weighted by molar-refractivity contribution is 8.02. The minimum absolute atomic E-state index is 0.156. The lowest BCUT2D eigenvalue weighted by Gasteiger charge is -2.30. The van der Waals surface area contributed by atoms with E-state index in [1.165, 1.54) is 45.4 Å². The molecular formula is C22H24N4OS2. The number of rotatable bonds is 5. The molecule has 1 aliphatic heterocycles. The number of anilines is 2. The van der Waals surface area contributed by atoms with Crippen LogP contribution in [0.25, 0.3) is 0 Å². The Balaban J connectivity index is 1.38. The molecule has 2 heterocycles. The molecule has 4 rings (SSSR count). The van der Waals surface area contributed by atoms with Gasteiger partial charge in [0.2, 0.25) is 11.0 Å². The van der Waals surface area contributed by atoms with E-state index >= 15 is 0 Å². The van der Waals surface area contributed by atoms with Crippen LogP contribution in [0.15, 0.2) is 46.8 Å². The van der Waals surface area contributed by atoms with Crippen LogP contribution >= 0.6 is 23.1 Å². The van der Waals surface area contributed by atoms with Crippen molar-refractivity contribution in [3.05, 3.63) is 64.7 Å². The van der Waals surface area contributed by atoms with Crippen LogP contribution in [0, 0.1) is 13.8 Å². The lowest BCUT2D eigenvalue weighted by Crippen LogP contribution is -2.40. The third-order valence-electron chi connectivity index (χ3n) is 5.32. The maximum atomic E-state index is 12.9. The van der Waals surface area contributed by atoms with Crippen molar-refractivity contribution in [3.63, 3.8) is 0 Å².